The summed E-state index contributed by atoms with van der Waals surface area (Å²) >= 11 is 5.34. The van der Waals surface area contributed by atoms with Gasteiger partial charge in [0.2, 0.25) is 5.91 Å². The number of piperidine rings is 1. The number of carbonyl (C=O) groups excluding carboxylic acids is 1. The van der Waals surface area contributed by atoms with Gasteiger partial charge in [0.25, 0.3) is 0 Å². The zero-order chi connectivity index (χ0) is 22.5. The predicted molar refractivity (Wildman–Crippen MR) is 130 cm³/mol. The number of hydrogen-bond donors (Lipinski definition) is 2. The number of H-pyrrole nitrogens is 1. The first-order chi connectivity index (χ1) is 15.5. The number of rotatable bonds is 7. The SMILES string of the molecule is Cc1ccc(-c2n[nH]c(=S)n2CC(=O)NCc2ccc(CN3CCC(C)CC3)cc2)cc1. The van der Waals surface area contributed by atoms with Gasteiger partial charge in [0.15, 0.2) is 10.6 Å². The van der Waals surface area contributed by atoms with Crippen LogP contribution in [0.2, 0.25) is 0 Å². The Morgan fingerprint density at radius 2 is 1.75 bits per heavy atom. The number of aromatic nitrogens is 3. The van der Waals surface area contributed by atoms with Crippen LogP contribution in [0.1, 0.15) is 36.5 Å². The molecule has 0 unspecified atom stereocenters. The average molecular weight is 450 g/mol. The molecule has 1 amide bonds. The number of hydrogen-bond acceptors (Lipinski definition) is 4. The average Bonchev–Trinajstić information content (AvgIpc) is 3.15. The smallest absolute Gasteiger partial charge is 0.240 e. The van der Waals surface area contributed by atoms with Gasteiger partial charge in [-0.15, -0.1) is 0 Å². The van der Waals surface area contributed by atoms with Gasteiger partial charge >= 0.3 is 0 Å². The Morgan fingerprint density at radius 3 is 2.44 bits per heavy atom. The first kappa shape index (κ1) is 22.4. The molecule has 1 fully saturated rings. The van der Waals surface area contributed by atoms with Crippen molar-refractivity contribution in [2.45, 2.75) is 46.3 Å². The summed E-state index contributed by atoms with van der Waals surface area (Å²) < 4.78 is 2.17. The van der Waals surface area contributed by atoms with Crippen LogP contribution in [-0.4, -0.2) is 38.7 Å². The molecule has 168 valence electrons. The second-order valence-corrected chi connectivity index (χ2v) is 9.24. The summed E-state index contributed by atoms with van der Waals surface area (Å²) in [5.41, 5.74) is 4.50. The molecule has 2 N–H and O–H groups in total. The first-order valence-corrected chi connectivity index (χ1v) is 11.7. The maximum atomic E-state index is 12.6. The van der Waals surface area contributed by atoms with E-state index in [9.17, 15) is 4.79 Å². The van der Waals surface area contributed by atoms with E-state index in [4.69, 9.17) is 12.2 Å². The molecule has 0 spiro atoms. The third kappa shape index (κ3) is 5.72. The highest BCUT2D eigenvalue weighted by Crippen LogP contribution is 2.19. The van der Waals surface area contributed by atoms with E-state index >= 15 is 0 Å². The molecule has 2 heterocycles. The van der Waals surface area contributed by atoms with Gasteiger partial charge in [-0.1, -0.05) is 61.0 Å². The van der Waals surface area contributed by atoms with E-state index in [-0.39, 0.29) is 12.5 Å². The Morgan fingerprint density at radius 1 is 1.09 bits per heavy atom. The van der Waals surface area contributed by atoms with Crippen LogP contribution >= 0.6 is 12.2 Å². The van der Waals surface area contributed by atoms with Crippen molar-refractivity contribution in [1.29, 1.82) is 0 Å². The lowest BCUT2D eigenvalue weighted by atomic mass is 9.99. The molecule has 1 saturated heterocycles. The highest BCUT2D eigenvalue weighted by atomic mass is 32.1. The van der Waals surface area contributed by atoms with E-state index in [1.54, 1.807) is 4.57 Å². The molecule has 3 aromatic rings. The van der Waals surface area contributed by atoms with E-state index in [2.05, 4.69) is 51.6 Å². The monoisotopic (exact) mass is 449 g/mol. The summed E-state index contributed by atoms with van der Waals surface area (Å²) in [4.78, 5) is 15.1. The molecule has 1 aromatic heterocycles. The number of nitrogens with one attached hydrogen (secondary N) is 2. The molecule has 0 saturated carbocycles. The van der Waals surface area contributed by atoms with Gasteiger partial charge in [-0.3, -0.25) is 19.4 Å². The molecule has 0 aliphatic carbocycles. The molecule has 1 aliphatic heterocycles. The molecule has 0 atom stereocenters. The first-order valence-electron chi connectivity index (χ1n) is 11.3. The van der Waals surface area contributed by atoms with Crippen molar-refractivity contribution in [2.24, 2.45) is 5.92 Å². The van der Waals surface area contributed by atoms with Gasteiger partial charge < -0.3 is 5.32 Å². The zero-order valence-corrected chi connectivity index (χ0v) is 19.6. The van der Waals surface area contributed by atoms with Crippen molar-refractivity contribution in [1.82, 2.24) is 25.0 Å². The molecule has 7 heteroatoms. The molecule has 0 radical (unpaired) electrons. The largest absolute Gasteiger partial charge is 0.350 e. The Kier molecular flexibility index (Phi) is 7.17. The lowest BCUT2D eigenvalue weighted by molar-refractivity contribution is -0.121. The van der Waals surface area contributed by atoms with Crippen LogP contribution in [-0.2, 0) is 24.4 Å². The third-order valence-electron chi connectivity index (χ3n) is 6.16. The van der Waals surface area contributed by atoms with Crippen molar-refractivity contribution >= 4 is 18.1 Å². The molecule has 2 aromatic carbocycles. The summed E-state index contributed by atoms with van der Waals surface area (Å²) in [5.74, 6) is 1.42. The Hall–Kier alpha value is -2.77. The summed E-state index contributed by atoms with van der Waals surface area (Å²) in [6, 6.07) is 16.6. The van der Waals surface area contributed by atoms with E-state index < -0.39 is 0 Å². The Labute approximate surface area is 194 Å². The topological polar surface area (TPSA) is 66.0 Å². The van der Waals surface area contributed by atoms with Crippen LogP contribution in [0.25, 0.3) is 11.4 Å². The minimum atomic E-state index is -0.0950. The third-order valence-corrected chi connectivity index (χ3v) is 6.48. The van der Waals surface area contributed by atoms with Gasteiger partial charge in [-0.25, -0.2) is 0 Å². The number of aryl methyl sites for hydroxylation is 1. The fraction of sp³-hybridized carbons (Fsp3) is 0.400. The fourth-order valence-electron chi connectivity index (χ4n) is 4.03. The van der Waals surface area contributed by atoms with Crippen molar-refractivity contribution in [3.8, 4) is 11.4 Å². The van der Waals surface area contributed by atoms with Gasteiger partial charge in [-0.2, -0.15) is 5.10 Å². The predicted octanol–water partition coefficient (Wildman–Crippen LogP) is 4.46. The van der Waals surface area contributed by atoms with Crippen molar-refractivity contribution < 1.29 is 4.79 Å². The molecule has 6 nitrogen and oxygen atoms in total. The standard InChI is InChI=1S/C25H31N5OS/c1-18-3-9-22(10-4-18)24-27-28-25(32)30(24)17-23(31)26-15-20-5-7-21(8-6-20)16-29-13-11-19(2)12-14-29/h3-10,19H,11-17H2,1-2H3,(H,26,31)(H,28,32). The second kappa shape index (κ2) is 10.2. The number of benzene rings is 2. The molecule has 0 bridgehead atoms. The fourth-order valence-corrected chi connectivity index (χ4v) is 4.23. The summed E-state index contributed by atoms with van der Waals surface area (Å²) in [7, 11) is 0. The number of nitrogens with zero attached hydrogens (tertiary/aromatic N) is 3. The van der Waals surface area contributed by atoms with Crippen LogP contribution < -0.4 is 5.32 Å². The normalized spacial score (nSPS) is 15.1. The molecule has 32 heavy (non-hydrogen) atoms. The van der Waals surface area contributed by atoms with E-state index in [1.807, 2.05) is 31.2 Å². The van der Waals surface area contributed by atoms with E-state index in [1.165, 1.54) is 37.1 Å². The van der Waals surface area contributed by atoms with Gasteiger partial charge in [0.1, 0.15) is 6.54 Å². The maximum absolute atomic E-state index is 12.6. The van der Waals surface area contributed by atoms with E-state index in [0.29, 0.717) is 17.1 Å². The highest BCUT2D eigenvalue weighted by molar-refractivity contribution is 7.71. The Balaban J connectivity index is 1.31. The Bertz CT molecular complexity index is 1090. The van der Waals surface area contributed by atoms with Crippen LogP contribution in [0.4, 0.5) is 0 Å². The zero-order valence-electron chi connectivity index (χ0n) is 18.8. The summed E-state index contributed by atoms with van der Waals surface area (Å²) in [6.07, 6.45) is 2.58. The maximum Gasteiger partial charge on any atom is 0.240 e. The van der Waals surface area contributed by atoms with Crippen LogP contribution in [0.15, 0.2) is 48.5 Å². The molecule has 4 rings (SSSR count). The number of carbonyl (C=O) groups is 1. The van der Waals surface area contributed by atoms with Crippen molar-refractivity contribution in [3.05, 3.63) is 70.0 Å². The van der Waals surface area contributed by atoms with Gasteiger partial charge in [-0.05, 0) is 62.1 Å². The van der Waals surface area contributed by atoms with Gasteiger partial charge in [0.05, 0.1) is 0 Å². The lowest BCUT2D eigenvalue weighted by Crippen LogP contribution is -2.32. The summed E-state index contributed by atoms with van der Waals surface area (Å²) in [5, 5.41) is 10.1. The lowest BCUT2D eigenvalue weighted by Gasteiger charge is -2.30. The quantitative estimate of drug-likeness (QED) is 0.523. The minimum Gasteiger partial charge on any atom is -0.350 e. The van der Waals surface area contributed by atoms with Crippen LogP contribution in [0, 0.1) is 17.6 Å². The minimum absolute atomic E-state index is 0.0950. The summed E-state index contributed by atoms with van der Waals surface area (Å²) in [6.45, 7) is 8.36. The second-order valence-electron chi connectivity index (χ2n) is 8.86. The van der Waals surface area contributed by atoms with Crippen molar-refractivity contribution in [2.75, 3.05) is 13.1 Å². The van der Waals surface area contributed by atoms with Crippen LogP contribution in [0.5, 0.6) is 0 Å². The highest BCUT2D eigenvalue weighted by Gasteiger charge is 2.16. The molecule has 1 aliphatic rings. The van der Waals surface area contributed by atoms with E-state index in [0.717, 1.165) is 23.6 Å². The van der Waals surface area contributed by atoms with Gasteiger partial charge in [0, 0.05) is 18.7 Å². The van der Waals surface area contributed by atoms with Crippen molar-refractivity contribution in [3.63, 3.8) is 0 Å². The van der Waals surface area contributed by atoms with Crippen LogP contribution in [0.3, 0.4) is 0 Å². The number of likely N-dealkylation sites (tertiary alicyclic amines) is 1. The molecular weight excluding hydrogens is 418 g/mol. The number of aromatic amines is 1. The number of amides is 1. The molecular formula is C25H31N5OS.